The molecule has 9 heteroatoms. The third-order valence-electron chi connectivity index (χ3n) is 5.07. The van der Waals surface area contributed by atoms with Gasteiger partial charge in [-0.25, -0.2) is 14.4 Å². The normalized spacial score (nSPS) is 11.7. The lowest BCUT2D eigenvalue weighted by molar-refractivity contribution is 0.0686. The van der Waals surface area contributed by atoms with Crippen LogP contribution in [0.15, 0.2) is 72.8 Å². The van der Waals surface area contributed by atoms with Gasteiger partial charge in [-0.2, -0.15) is 0 Å². The van der Waals surface area contributed by atoms with Crippen LogP contribution in [0.25, 0.3) is 0 Å². The minimum absolute atomic E-state index is 0.136. The van der Waals surface area contributed by atoms with Crippen LogP contribution in [0, 0.1) is 0 Å². The van der Waals surface area contributed by atoms with Gasteiger partial charge in [0.05, 0.1) is 16.7 Å². The zero-order valence-corrected chi connectivity index (χ0v) is 20.4. The number of carbonyl (C=O) groups is 3. The van der Waals surface area contributed by atoms with Crippen molar-refractivity contribution in [2.75, 3.05) is 0 Å². The Morgan fingerprint density at radius 1 is 0.545 bits per heavy atom. The third kappa shape index (κ3) is 5.11. The number of hydrogen-bond acceptors (Lipinski definition) is 4. The summed E-state index contributed by atoms with van der Waals surface area (Å²) in [6, 6.07) is 19.5. The molecule has 0 unspecified atom stereocenters. The van der Waals surface area contributed by atoms with Gasteiger partial charge in [0.1, 0.15) is 0 Å². The Balaban J connectivity index is 2.34. The Hall–Kier alpha value is -3.54. The summed E-state index contributed by atoms with van der Waals surface area (Å²) in [6.45, 7) is 6.12. The molecule has 0 amide bonds. The second-order valence-electron chi connectivity index (χ2n) is 8.54. The number of carboxylic acid groups (broad SMARTS) is 3. The summed E-state index contributed by atoms with van der Waals surface area (Å²) < 4.78 is 6.92. The van der Waals surface area contributed by atoms with Crippen molar-refractivity contribution >= 4 is 50.1 Å². The summed E-state index contributed by atoms with van der Waals surface area (Å²) in [4.78, 5) is 34.2. The molecular formula is C24H24O7Si2. The molecule has 0 aromatic heterocycles. The van der Waals surface area contributed by atoms with Crippen LogP contribution < -0.4 is 15.6 Å². The van der Waals surface area contributed by atoms with Crippen LogP contribution in [-0.4, -0.2) is 49.9 Å². The van der Waals surface area contributed by atoms with Crippen LogP contribution in [0.4, 0.5) is 0 Å². The van der Waals surface area contributed by atoms with E-state index >= 15 is 0 Å². The highest BCUT2D eigenvalue weighted by atomic mass is 28.4. The Bertz CT molecular complexity index is 1040. The topological polar surface area (TPSA) is 121 Å². The van der Waals surface area contributed by atoms with Crippen LogP contribution in [0.5, 0.6) is 0 Å². The zero-order valence-electron chi connectivity index (χ0n) is 18.4. The van der Waals surface area contributed by atoms with Gasteiger partial charge in [0.15, 0.2) is 8.32 Å². The first-order valence-electron chi connectivity index (χ1n) is 10.2. The lowest BCUT2D eigenvalue weighted by atomic mass is 10.2. The van der Waals surface area contributed by atoms with E-state index in [0.29, 0.717) is 0 Å². The first-order valence-corrected chi connectivity index (χ1v) is 15.5. The summed E-state index contributed by atoms with van der Waals surface area (Å²) in [5, 5.41) is 30.4. The average molecular weight is 481 g/mol. The standard InChI is InChI=1S/C24H24O7Si2/c1-32(2,3)31-33(19-10-4-16(5-11-19)22(25)26,20-12-6-17(7-13-20)23(27)28)21-14-8-18(9-15-21)24(29)30/h4-15H,1-3H3,(H,25,26)(H,27,28)(H,29,30). The van der Waals surface area contributed by atoms with Crippen molar-refractivity contribution in [3.63, 3.8) is 0 Å². The number of rotatable bonds is 8. The van der Waals surface area contributed by atoms with Gasteiger partial charge >= 0.3 is 17.9 Å². The van der Waals surface area contributed by atoms with Crippen molar-refractivity contribution in [2.45, 2.75) is 19.6 Å². The molecule has 0 aliphatic carbocycles. The maximum Gasteiger partial charge on any atom is 0.335 e. The molecule has 3 N–H and O–H groups in total. The summed E-state index contributed by atoms with van der Waals surface area (Å²) in [5.74, 6) is -3.13. The maximum absolute atomic E-state index is 11.4. The minimum Gasteiger partial charge on any atom is -0.478 e. The van der Waals surface area contributed by atoms with E-state index in [1.807, 2.05) is 19.6 Å². The van der Waals surface area contributed by atoms with Crippen molar-refractivity contribution in [3.05, 3.63) is 89.5 Å². The van der Waals surface area contributed by atoms with E-state index < -0.39 is 34.5 Å². The van der Waals surface area contributed by atoms with Gasteiger partial charge in [-0.1, -0.05) is 36.4 Å². The van der Waals surface area contributed by atoms with Gasteiger partial charge in [-0.15, -0.1) is 0 Å². The Morgan fingerprint density at radius 2 is 0.788 bits per heavy atom. The van der Waals surface area contributed by atoms with Crippen molar-refractivity contribution < 1.29 is 33.8 Å². The number of benzene rings is 3. The Kier molecular flexibility index (Phi) is 6.68. The van der Waals surface area contributed by atoms with Gasteiger partial charge in [0, 0.05) is 0 Å². The molecule has 0 heterocycles. The molecule has 0 spiro atoms. The van der Waals surface area contributed by atoms with E-state index in [4.69, 9.17) is 4.12 Å². The summed E-state index contributed by atoms with van der Waals surface area (Å²) in [7, 11) is -5.48. The first-order chi connectivity index (χ1) is 15.4. The van der Waals surface area contributed by atoms with Gasteiger partial charge in [0.25, 0.3) is 8.32 Å². The molecule has 0 saturated carbocycles. The predicted octanol–water partition coefficient (Wildman–Crippen LogP) is 2.60. The molecule has 0 radical (unpaired) electrons. The molecule has 0 aliphatic rings. The molecular weight excluding hydrogens is 456 g/mol. The average Bonchev–Trinajstić information content (AvgIpc) is 2.77. The largest absolute Gasteiger partial charge is 0.478 e. The Labute approximate surface area is 193 Å². The molecule has 3 aromatic carbocycles. The van der Waals surface area contributed by atoms with E-state index in [9.17, 15) is 29.7 Å². The first kappa shape index (κ1) is 24.1. The molecule has 3 rings (SSSR count). The van der Waals surface area contributed by atoms with Crippen molar-refractivity contribution in [1.82, 2.24) is 0 Å². The van der Waals surface area contributed by atoms with E-state index in [1.54, 1.807) is 36.4 Å². The summed E-state index contributed by atoms with van der Waals surface area (Å²) >= 11 is 0. The molecule has 0 aliphatic heterocycles. The van der Waals surface area contributed by atoms with Crippen LogP contribution in [0.1, 0.15) is 31.1 Å². The molecule has 170 valence electrons. The quantitative estimate of drug-likeness (QED) is 0.335. The van der Waals surface area contributed by atoms with Crippen LogP contribution in [0.2, 0.25) is 19.6 Å². The van der Waals surface area contributed by atoms with Crippen LogP contribution in [0.3, 0.4) is 0 Å². The Morgan fingerprint density at radius 3 is 0.970 bits per heavy atom. The van der Waals surface area contributed by atoms with E-state index in [1.165, 1.54) is 36.4 Å². The highest BCUT2D eigenvalue weighted by Crippen LogP contribution is 2.18. The van der Waals surface area contributed by atoms with Crippen LogP contribution >= 0.6 is 0 Å². The smallest absolute Gasteiger partial charge is 0.335 e. The van der Waals surface area contributed by atoms with E-state index in [-0.39, 0.29) is 16.7 Å². The van der Waals surface area contributed by atoms with Gasteiger partial charge in [0.2, 0.25) is 0 Å². The number of hydrogen-bond donors (Lipinski definition) is 3. The third-order valence-corrected chi connectivity index (χ3v) is 12.2. The fourth-order valence-corrected chi connectivity index (χ4v) is 11.7. The van der Waals surface area contributed by atoms with Gasteiger partial charge in [-0.3, -0.25) is 0 Å². The molecule has 0 atom stereocenters. The van der Waals surface area contributed by atoms with Crippen molar-refractivity contribution in [3.8, 4) is 0 Å². The monoisotopic (exact) mass is 480 g/mol. The molecule has 0 saturated heterocycles. The summed E-state index contributed by atoms with van der Waals surface area (Å²) in [5.41, 5.74) is 0.409. The van der Waals surface area contributed by atoms with Crippen LogP contribution in [-0.2, 0) is 4.12 Å². The van der Waals surface area contributed by atoms with E-state index in [0.717, 1.165) is 15.6 Å². The molecule has 33 heavy (non-hydrogen) atoms. The highest BCUT2D eigenvalue weighted by Gasteiger charge is 2.45. The lowest BCUT2D eigenvalue weighted by Gasteiger charge is -2.38. The fourth-order valence-electron chi connectivity index (χ4n) is 3.68. The predicted molar refractivity (Wildman–Crippen MR) is 129 cm³/mol. The van der Waals surface area contributed by atoms with Gasteiger partial charge in [-0.05, 0) is 71.6 Å². The molecule has 0 bridgehead atoms. The number of carboxylic acids is 3. The SMILES string of the molecule is C[Si](C)(C)O[Si](c1ccc(C(=O)O)cc1)(c1ccc(C(=O)O)cc1)c1ccc(C(=O)O)cc1. The van der Waals surface area contributed by atoms with E-state index in [2.05, 4.69) is 0 Å². The van der Waals surface area contributed by atoms with Gasteiger partial charge < -0.3 is 19.4 Å². The summed E-state index contributed by atoms with van der Waals surface area (Å²) in [6.07, 6.45) is 0. The maximum atomic E-state index is 11.4. The lowest BCUT2D eigenvalue weighted by Crippen LogP contribution is -2.72. The van der Waals surface area contributed by atoms with Crippen molar-refractivity contribution in [1.29, 1.82) is 0 Å². The van der Waals surface area contributed by atoms with Crippen molar-refractivity contribution in [2.24, 2.45) is 0 Å². The second-order valence-corrected chi connectivity index (χ2v) is 16.7. The molecule has 3 aromatic rings. The zero-order chi connectivity index (χ0) is 24.4. The molecule has 7 nitrogen and oxygen atoms in total. The minimum atomic E-state index is -3.25. The molecule has 0 fully saturated rings. The second kappa shape index (κ2) is 9.14. The fraction of sp³-hybridized carbons (Fsp3) is 0.125. The number of aromatic carboxylic acids is 3. The highest BCUT2D eigenvalue weighted by molar-refractivity contribution is 7.10.